The molecule has 2 atom stereocenters. The van der Waals surface area contributed by atoms with Gasteiger partial charge in [0.05, 0.1) is 26.2 Å². The average Bonchev–Trinajstić information content (AvgIpc) is 2.47. The standard InChI is InChI=1S/C18H27NO2/c1-15-6-5-12-19(14-15)11-3-4-13-21-18-9-7-17(8-10-18)16(2)20/h7-10,15H,3-6,11-14H2,1-2H3/p+1/t15-/m0/s1. The van der Waals surface area contributed by atoms with Crippen molar-refractivity contribution in [2.24, 2.45) is 5.92 Å². The van der Waals surface area contributed by atoms with Crippen LogP contribution >= 0.6 is 0 Å². The Morgan fingerprint density at radius 3 is 2.71 bits per heavy atom. The summed E-state index contributed by atoms with van der Waals surface area (Å²) in [5.41, 5.74) is 0.741. The first-order valence-corrected chi connectivity index (χ1v) is 8.22. The highest BCUT2D eigenvalue weighted by molar-refractivity contribution is 5.94. The Morgan fingerprint density at radius 2 is 2.05 bits per heavy atom. The summed E-state index contributed by atoms with van der Waals surface area (Å²) >= 11 is 0. The normalized spacial score (nSPS) is 22.0. The van der Waals surface area contributed by atoms with E-state index in [1.54, 1.807) is 11.8 Å². The molecule has 1 aliphatic rings. The Bertz CT molecular complexity index is 441. The maximum atomic E-state index is 11.2. The molecule has 0 aromatic heterocycles. The first kappa shape index (κ1) is 16.0. The number of likely N-dealkylation sites (tertiary alicyclic amines) is 1. The number of carbonyl (C=O) groups excluding carboxylic acids is 1. The van der Waals surface area contributed by atoms with Crippen LogP contribution in [0.25, 0.3) is 0 Å². The Morgan fingerprint density at radius 1 is 1.29 bits per heavy atom. The predicted molar refractivity (Wildman–Crippen MR) is 85.1 cm³/mol. The SMILES string of the molecule is CC(=O)c1ccc(OCCCC[NH+]2CCC[C@H](C)C2)cc1. The van der Waals surface area contributed by atoms with Crippen LogP contribution in [0, 0.1) is 5.92 Å². The molecule has 1 aromatic carbocycles. The van der Waals surface area contributed by atoms with Gasteiger partial charge in [-0.15, -0.1) is 0 Å². The second-order valence-corrected chi connectivity index (χ2v) is 6.34. The van der Waals surface area contributed by atoms with Crippen LogP contribution in [0.1, 0.15) is 49.9 Å². The van der Waals surface area contributed by atoms with E-state index in [9.17, 15) is 4.79 Å². The molecule has 1 saturated heterocycles. The Balaban J connectivity index is 1.60. The van der Waals surface area contributed by atoms with Gasteiger partial charge in [-0.1, -0.05) is 6.92 Å². The molecule has 0 bridgehead atoms. The molecule has 3 nitrogen and oxygen atoms in total. The quantitative estimate of drug-likeness (QED) is 0.617. The van der Waals surface area contributed by atoms with Crippen LogP contribution in [-0.2, 0) is 0 Å². The first-order valence-electron chi connectivity index (χ1n) is 8.22. The Labute approximate surface area is 128 Å². The summed E-state index contributed by atoms with van der Waals surface area (Å²) in [6, 6.07) is 7.43. The molecule has 0 spiro atoms. The molecule has 3 heteroatoms. The Kier molecular flexibility index (Phi) is 6.24. The molecule has 1 unspecified atom stereocenters. The molecule has 1 aliphatic heterocycles. The minimum atomic E-state index is 0.0975. The lowest BCUT2D eigenvalue weighted by molar-refractivity contribution is -0.908. The molecule has 1 aromatic rings. The number of piperidine rings is 1. The molecule has 0 saturated carbocycles. The zero-order valence-corrected chi connectivity index (χ0v) is 13.4. The molecular formula is C18H28NO2+. The van der Waals surface area contributed by atoms with Gasteiger partial charge in [-0.25, -0.2) is 0 Å². The van der Waals surface area contributed by atoms with E-state index in [1.165, 1.54) is 38.9 Å². The van der Waals surface area contributed by atoms with Crippen molar-refractivity contribution in [3.63, 3.8) is 0 Å². The number of quaternary nitrogens is 1. The highest BCUT2D eigenvalue weighted by Crippen LogP contribution is 2.13. The van der Waals surface area contributed by atoms with Gasteiger partial charge in [-0.05, 0) is 56.9 Å². The number of hydrogen-bond acceptors (Lipinski definition) is 2. The van der Waals surface area contributed by atoms with E-state index in [2.05, 4.69) is 6.92 Å². The summed E-state index contributed by atoms with van der Waals surface area (Å²) in [6.07, 6.45) is 5.12. The molecule has 1 heterocycles. The fourth-order valence-electron chi connectivity index (χ4n) is 3.08. The van der Waals surface area contributed by atoms with Crippen molar-refractivity contribution >= 4 is 5.78 Å². The van der Waals surface area contributed by atoms with Crippen LogP contribution < -0.4 is 9.64 Å². The van der Waals surface area contributed by atoms with Crippen LogP contribution in [0.2, 0.25) is 0 Å². The summed E-state index contributed by atoms with van der Waals surface area (Å²) in [6.45, 7) is 8.68. The van der Waals surface area contributed by atoms with Crippen LogP contribution in [0.3, 0.4) is 0 Å². The van der Waals surface area contributed by atoms with E-state index in [1.807, 2.05) is 24.3 Å². The van der Waals surface area contributed by atoms with Crippen molar-refractivity contribution in [1.29, 1.82) is 0 Å². The number of ether oxygens (including phenoxy) is 1. The van der Waals surface area contributed by atoms with E-state index in [4.69, 9.17) is 4.74 Å². The predicted octanol–water partition coefficient (Wildman–Crippen LogP) is 2.36. The summed E-state index contributed by atoms with van der Waals surface area (Å²) in [5, 5.41) is 0. The van der Waals surface area contributed by atoms with E-state index in [0.29, 0.717) is 0 Å². The van der Waals surface area contributed by atoms with Crippen LogP contribution in [0.4, 0.5) is 0 Å². The van der Waals surface area contributed by atoms with Gasteiger partial charge in [0.1, 0.15) is 5.75 Å². The second kappa shape index (κ2) is 8.18. The number of carbonyl (C=O) groups is 1. The van der Waals surface area contributed by atoms with Crippen LogP contribution in [0.5, 0.6) is 5.75 Å². The number of ketones is 1. The third kappa shape index (κ3) is 5.50. The largest absolute Gasteiger partial charge is 0.494 e. The van der Waals surface area contributed by atoms with E-state index in [-0.39, 0.29) is 5.78 Å². The molecule has 0 amide bonds. The highest BCUT2D eigenvalue weighted by Gasteiger charge is 2.18. The topological polar surface area (TPSA) is 30.7 Å². The maximum Gasteiger partial charge on any atom is 0.159 e. The summed E-state index contributed by atoms with van der Waals surface area (Å²) < 4.78 is 5.73. The number of unbranched alkanes of at least 4 members (excludes halogenated alkanes) is 1. The lowest BCUT2D eigenvalue weighted by Crippen LogP contribution is -3.13. The molecule has 1 N–H and O–H groups in total. The Hall–Kier alpha value is -1.35. The van der Waals surface area contributed by atoms with Gasteiger partial charge in [0.25, 0.3) is 0 Å². The van der Waals surface area contributed by atoms with Crippen molar-refractivity contribution < 1.29 is 14.4 Å². The van der Waals surface area contributed by atoms with Crippen molar-refractivity contribution in [3.05, 3.63) is 29.8 Å². The molecule has 21 heavy (non-hydrogen) atoms. The smallest absolute Gasteiger partial charge is 0.159 e. The molecule has 2 rings (SSSR count). The van der Waals surface area contributed by atoms with Crippen molar-refractivity contribution in [2.45, 2.75) is 39.5 Å². The number of hydrogen-bond donors (Lipinski definition) is 1. The van der Waals surface area contributed by atoms with E-state index < -0.39 is 0 Å². The third-order valence-corrected chi connectivity index (χ3v) is 4.32. The fraction of sp³-hybridized carbons (Fsp3) is 0.611. The van der Waals surface area contributed by atoms with Crippen molar-refractivity contribution in [1.82, 2.24) is 0 Å². The molecule has 116 valence electrons. The van der Waals surface area contributed by atoms with Gasteiger partial charge >= 0.3 is 0 Å². The number of Topliss-reactive ketones (excluding diaryl/α,β-unsaturated/α-hetero) is 1. The third-order valence-electron chi connectivity index (χ3n) is 4.32. The molecule has 1 fully saturated rings. The lowest BCUT2D eigenvalue weighted by atomic mass is 10.0. The fourth-order valence-corrected chi connectivity index (χ4v) is 3.08. The molecule has 0 radical (unpaired) electrons. The van der Waals surface area contributed by atoms with Crippen molar-refractivity contribution in [2.75, 3.05) is 26.2 Å². The van der Waals surface area contributed by atoms with E-state index in [0.717, 1.165) is 30.3 Å². The zero-order chi connectivity index (χ0) is 15.1. The highest BCUT2D eigenvalue weighted by atomic mass is 16.5. The van der Waals surface area contributed by atoms with Gasteiger partial charge in [-0.2, -0.15) is 0 Å². The summed E-state index contributed by atoms with van der Waals surface area (Å²) in [5.74, 6) is 1.85. The first-order chi connectivity index (χ1) is 10.1. The van der Waals surface area contributed by atoms with Gasteiger partial charge < -0.3 is 9.64 Å². The summed E-state index contributed by atoms with van der Waals surface area (Å²) in [7, 11) is 0. The van der Waals surface area contributed by atoms with Crippen molar-refractivity contribution in [3.8, 4) is 5.75 Å². The average molecular weight is 290 g/mol. The monoisotopic (exact) mass is 290 g/mol. The number of nitrogens with one attached hydrogen (secondary N) is 1. The van der Waals surface area contributed by atoms with Gasteiger partial charge in [0.2, 0.25) is 0 Å². The second-order valence-electron chi connectivity index (χ2n) is 6.34. The number of rotatable bonds is 7. The van der Waals surface area contributed by atoms with Crippen LogP contribution in [-0.4, -0.2) is 32.0 Å². The van der Waals surface area contributed by atoms with Gasteiger partial charge in [0.15, 0.2) is 5.78 Å². The lowest BCUT2D eigenvalue weighted by Gasteiger charge is -2.27. The van der Waals surface area contributed by atoms with E-state index >= 15 is 0 Å². The number of benzene rings is 1. The molecule has 0 aliphatic carbocycles. The minimum Gasteiger partial charge on any atom is -0.494 e. The molecular weight excluding hydrogens is 262 g/mol. The maximum absolute atomic E-state index is 11.2. The van der Waals surface area contributed by atoms with Gasteiger partial charge in [0, 0.05) is 11.5 Å². The zero-order valence-electron chi connectivity index (χ0n) is 13.4. The summed E-state index contributed by atoms with van der Waals surface area (Å²) in [4.78, 5) is 12.9. The van der Waals surface area contributed by atoms with Crippen LogP contribution in [0.15, 0.2) is 24.3 Å². The van der Waals surface area contributed by atoms with Gasteiger partial charge in [-0.3, -0.25) is 4.79 Å². The minimum absolute atomic E-state index is 0.0975.